The van der Waals surface area contributed by atoms with Gasteiger partial charge in [0.1, 0.15) is 11.6 Å². The lowest BCUT2D eigenvalue weighted by molar-refractivity contribution is 0.786. The number of hydrogen-bond acceptors (Lipinski definition) is 3. The number of nitrogens with zero attached hydrogens (tertiary/aromatic N) is 3. The van der Waals surface area contributed by atoms with Gasteiger partial charge in [-0.15, -0.1) is 0 Å². The molecule has 0 unspecified atom stereocenters. The van der Waals surface area contributed by atoms with Crippen LogP contribution >= 0.6 is 0 Å². The van der Waals surface area contributed by atoms with Gasteiger partial charge in [0.15, 0.2) is 0 Å². The van der Waals surface area contributed by atoms with Gasteiger partial charge in [0, 0.05) is 5.69 Å². The van der Waals surface area contributed by atoms with E-state index in [-0.39, 0.29) is 11.1 Å². The number of hydrogen-bond donors (Lipinski definition) is 0. The zero-order valence-electron chi connectivity index (χ0n) is 11.7. The first kappa shape index (κ1) is 13.8. The fraction of sp³-hybridized carbons (Fsp3) is 0.188. The van der Waals surface area contributed by atoms with E-state index in [1.54, 1.807) is 26.1 Å². The molecule has 100 valence electrons. The molecule has 0 aliphatic rings. The Hall–Kier alpha value is -2.67. The van der Waals surface area contributed by atoms with Crippen LogP contribution in [0.25, 0.3) is 0 Å². The van der Waals surface area contributed by atoms with Gasteiger partial charge in [-0.3, -0.25) is 4.79 Å². The number of aromatic nitrogens is 1. The fourth-order valence-corrected chi connectivity index (χ4v) is 2.04. The molecule has 0 N–H and O–H groups in total. The molecular weight excluding hydrogens is 250 g/mol. The molecule has 4 nitrogen and oxygen atoms in total. The number of pyridine rings is 1. The molecule has 20 heavy (non-hydrogen) atoms. The van der Waals surface area contributed by atoms with Gasteiger partial charge in [-0.2, -0.15) is 10.4 Å². The second-order valence-corrected chi connectivity index (χ2v) is 4.73. The molecule has 2 aromatic rings. The normalized spacial score (nSPS) is 10.7. The Kier molecular flexibility index (Phi) is 3.81. The van der Waals surface area contributed by atoms with E-state index in [4.69, 9.17) is 5.26 Å². The third-order valence-electron chi connectivity index (χ3n) is 3.04. The molecule has 2 rings (SSSR count). The Morgan fingerprint density at radius 3 is 2.65 bits per heavy atom. The Bertz CT molecular complexity index is 779. The largest absolute Gasteiger partial charge is 0.289 e. The Balaban J connectivity index is 2.50. The summed E-state index contributed by atoms with van der Waals surface area (Å²) in [6, 6.07) is 11.5. The van der Waals surface area contributed by atoms with Crippen molar-refractivity contribution in [1.82, 2.24) is 4.68 Å². The maximum absolute atomic E-state index is 12.2. The van der Waals surface area contributed by atoms with E-state index >= 15 is 0 Å². The van der Waals surface area contributed by atoms with Crippen LogP contribution in [0.4, 0.5) is 0 Å². The lowest BCUT2D eigenvalue weighted by Crippen LogP contribution is -2.22. The van der Waals surface area contributed by atoms with E-state index in [2.05, 4.69) is 5.10 Å². The minimum atomic E-state index is -0.381. The van der Waals surface area contributed by atoms with Gasteiger partial charge in [0.25, 0.3) is 5.56 Å². The fourth-order valence-electron chi connectivity index (χ4n) is 2.04. The molecule has 0 bridgehead atoms. The van der Waals surface area contributed by atoms with Crippen LogP contribution in [0.5, 0.6) is 0 Å². The Morgan fingerprint density at radius 1 is 1.25 bits per heavy atom. The van der Waals surface area contributed by atoms with Gasteiger partial charge in [0.05, 0.1) is 6.21 Å². The monoisotopic (exact) mass is 265 g/mol. The van der Waals surface area contributed by atoms with E-state index in [0.29, 0.717) is 11.3 Å². The molecule has 1 aromatic heterocycles. The highest BCUT2D eigenvalue weighted by molar-refractivity contribution is 5.79. The molecule has 1 heterocycles. The number of benzene rings is 1. The second-order valence-electron chi connectivity index (χ2n) is 4.73. The quantitative estimate of drug-likeness (QED) is 0.783. The van der Waals surface area contributed by atoms with Crippen molar-refractivity contribution in [2.75, 3.05) is 0 Å². The molecule has 4 heteroatoms. The van der Waals surface area contributed by atoms with E-state index in [1.165, 1.54) is 4.68 Å². The molecule has 0 aliphatic carbocycles. The summed E-state index contributed by atoms with van der Waals surface area (Å²) in [5.74, 6) is 0. The van der Waals surface area contributed by atoms with Crippen molar-refractivity contribution < 1.29 is 0 Å². The van der Waals surface area contributed by atoms with Gasteiger partial charge in [-0.25, -0.2) is 4.68 Å². The molecule has 0 saturated heterocycles. The summed E-state index contributed by atoms with van der Waals surface area (Å²) in [5.41, 5.74) is 3.17. The van der Waals surface area contributed by atoms with Crippen molar-refractivity contribution >= 4 is 6.21 Å². The van der Waals surface area contributed by atoms with Crippen LogP contribution in [0.15, 0.2) is 40.2 Å². The van der Waals surface area contributed by atoms with E-state index < -0.39 is 0 Å². The SMILES string of the molecule is Cc1cccc(/C=N\n2c(C)cc(C)c(C#N)c2=O)c1. The van der Waals surface area contributed by atoms with Gasteiger partial charge >= 0.3 is 0 Å². The summed E-state index contributed by atoms with van der Waals surface area (Å²) in [5, 5.41) is 13.2. The average molecular weight is 265 g/mol. The predicted octanol–water partition coefficient (Wildman–Crippen LogP) is 2.53. The molecule has 0 atom stereocenters. The highest BCUT2D eigenvalue weighted by Crippen LogP contribution is 2.06. The molecule has 0 fully saturated rings. The Morgan fingerprint density at radius 2 is 2.00 bits per heavy atom. The standard InChI is InChI=1S/C16H15N3O/c1-11-5-4-6-14(7-11)10-18-19-13(3)8-12(2)15(9-17)16(19)20/h4-8,10H,1-3H3/b18-10-. The smallest absolute Gasteiger partial charge is 0.266 e. The van der Waals surface area contributed by atoms with Crippen LogP contribution in [0, 0.1) is 32.1 Å². The van der Waals surface area contributed by atoms with Crippen molar-refractivity contribution in [3.63, 3.8) is 0 Å². The molecule has 0 saturated carbocycles. The zero-order chi connectivity index (χ0) is 14.7. The summed E-state index contributed by atoms with van der Waals surface area (Å²) in [7, 11) is 0. The first-order valence-corrected chi connectivity index (χ1v) is 6.27. The van der Waals surface area contributed by atoms with Crippen molar-refractivity contribution in [3.8, 4) is 6.07 Å². The van der Waals surface area contributed by atoms with Crippen molar-refractivity contribution in [2.24, 2.45) is 5.10 Å². The topological polar surface area (TPSA) is 58.1 Å². The first-order valence-electron chi connectivity index (χ1n) is 6.27. The summed E-state index contributed by atoms with van der Waals surface area (Å²) in [6.07, 6.45) is 1.62. The van der Waals surface area contributed by atoms with Crippen LogP contribution in [-0.4, -0.2) is 10.9 Å². The number of rotatable bonds is 2. The van der Waals surface area contributed by atoms with Crippen LogP contribution in [-0.2, 0) is 0 Å². The van der Waals surface area contributed by atoms with Crippen LogP contribution in [0.1, 0.15) is 27.9 Å². The van der Waals surface area contributed by atoms with Crippen molar-refractivity contribution in [3.05, 3.63) is 68.6 Å². The van der Waals surface area contributed by atoms with Gasteiger partial charge in [0.2, 0.25) is 0 Å². The molecular formula is C16H15N3O. The van der Waals surface area contributed by atoms with E-state index in [0.717, 1.165) is 11.1 Å². The maximum atomic E-state index is 12.2. The first-order chi connectivity index (χ1) is 9.52. The molecule has 0 spiro atoms. The van der Waals surface area contributed by atoms with Crippen molar-refractivity contribution in [1.29, 1.82) is 5.26 Å². The highest BCUT2D eigenvalue weighted by atomic mass is 16.1. The minimum Gasteiger partial charge on any atom is -0.266 e. The Labute approximate surface area is 117 Å². The molecule has 0 aliphatic heterocycles. The third-order valence-corrected chi connectivity index (χ3v) is 3.04. The van der Waals surface area contributed by atoms with E-state index in [9.17, 15) is 4.79 Å². The van der Waals surface area contributed by atoms with Gasteiger partial charge in [-0.1, -0.05) is 29.8 Å². The van der Waals surface area contributed by atoms with Gasteiger partial charge < -0.3 is 0 Å². The second kappa shape index (κ2) is 5.54. The summed E-state index contributed by atoms with van der Waals surface area (Å²) < 4.78 is 1.26. The molecule has 1 aromatic carbocycles. The summed E-state index contributed by atoms with van der Waals surface area (Å²) in [6.45, 7) is 5.54. The van der Waals surface area contributed by atoms with Crippen molar-refractivity contribution in [2.45, 2.75) is 20.8 Å². The summed E-state index contributed by atoms with van der Waals surface area (Å²) in [4.78, 5) is 12.2. The lowest BCUT2D eigenvalue weighted by Gasteiger charge is -2.06. The predicted molar refractivity (Wildman–Crippen MR) is 79.1 cm³/mol. The third kappa shape index (κ3) is 2.67. The number of aryl methyl sites for hydroxylation is 3. The highest BCUT2D eigenvalue weighted by Gasteiger charge is 2.08. The molecule has 0 radical (unpaired) electrons. The average Bonchev–Trinajstić information content (AvgIpc) is 2.38. The maximum Gasteiger partial charge on any atom is 0.289 e. The van der Waals surface area contributed by atoms with E-state index in [1.807, 2.05) is 37.3 Å². The zero-order valence-corrected chi connectivity index (χ0v) is 11.7. The summed E-state index contributed by atoms with van der Waals surface area (Å²) >= 11 is 0. The van der Waals surface area contributed by atoms with Crippen LogP contribution in [0.2, 0.25) is 0 Å². The van der Waals surface area contributed by atoms with Crippen LogP contribution < -0.4 is 5.56 Å². The minimum absolute atomic E-state index is 0.136. The number of nitriles is 1. The molecule has 0 amide bonds. The van der Waals surface area contributed by atoms with Crippen LogP contribution in [0.3, 0.4) is 0 Å². The lowest BCUT2D eigenvalue weighted by atomic mass is 10.1. The van der Waals surface area contributed by atoms with Gasteiger partial charge in [-0.05, 0) is 38.0 Å².